The van der Waals surface area contributed by atoms with Gasteiger partial charge in [0.25, 0.3) is 0 Å². The highest BCUT2D eigenvalue weighted by Gasteiger charge is 2.31. The van der Waals surface area contributed by atoms with Gasteiger partial charge in [-0.25, -0.2) is 4.39 Å². The van der Waals surface area contributed by atoms with Gasteiger partial charge in [-0.15, -0.1) is 0 Å². The molecule has 4 nitrogen and oxygen atoms in total. The van der Waals surface area contributed by atoms with E-state index in [9.17, 15) is 9.18 Å². The van der Waals surface area contributed by atoms with Gasteiger partial charge in [0.1, 0.15) is 12.4 Å². The predicted molar refractivity (Wildman–Crippen MR) is 100 cm³/mol. The highest BCUT2D eigenvalue weighted by atomic mass is 19.1. The maximum absolute atomic E-state index is 14.8. The fourth-order valence-corrected chi connectivity index (χ4v) is 3.26. The minimum Gasteiger partial charge on any atom is -0.501 e. The summed E-state index contributed by atoms with van der Waals surface area (Å²) in [7, 11) is 3.01. The molecule has 0 amide bonds. The Hall–Kier alpha value is -2.82. The lowest BCUT2D eigenvalue weighted by atomic mass is 9.79. The molecule has 0 saturated heterocycles. The molecule has 0 spiro atoms. The minimum absolute atomic E-state index is 0.0656. The van der Waals surface area contributed by atoms with Crippen molar-refractivity contribution in [2.75, 3.05) is 14.2 Å². The highest BCUT2D eigenvalue weighted by molar-refractivity contribution is 5.85. The van der Waals surface area contributed by atoms with Crippen LogP contribution in [0.5, 0.6) is 11.5 Å². The Morgan fingerprint density at radius 2 is 1.85 bits per heavy atom. The second-order valence-electron chi connectivity index (χ2n) is 6.60. The number of halogens is 1. The van der Waals surface area contributed by atoms with E-state index in [2.05, 4.69) is 0 Å². The van der Waals surface area contributed by atoms with Gasteiger partial charge in [-0.2, -0.15) is 0 Å². The van der Waals surface area contributed by atoms with Gasteiger partial charge < -0.3 is 14.2 Å². The molecule has 0 N–H and O–H groups in total. The molecular formula is C22H23FO4. The zero-order valence-corrected chi connectivity index (χ0v) is 15.7. The Balaban J connectivity index is 1.90. The van der Waals surface area contributed by atoms with Gasteiger partial charge in [0.2, 0.25) is 0 Å². The van der Waals surface area contributed by atoms with Crippen LogP contribution in [0.15, 0.2) is 54.3 Å². The number of ether oxygens (including phenoxy) is 3. The first-order valence-electron chi connectivity index (χ1n) is 8.85. The smallest absolute Gasteiger partial charge is 0.197 e. The van der Waals surface area contributed by atoms with Gasteiger partial charge in [-0.05, 0) is 29.3 Å². The van der Waals surface area contributed by atoms with Gasteiger partial charge in [0, 0.05) is 11.8 Å². The number of allylic oxidation sites excluding steroid dienone is 2. The molecule has 2 aromatic rings. The molecule has 3 rings (SSSR count). The Morgan fingerprint density at radius 3 is 2.52 bits per heavy atom. The molecule has 0 aromatic heterocycles. The second-order valence-corrected chi connectivity index (χ2v) is 6.60. The van der Waals surface area contributed by atoms with Gasteiger partial charge in [-0.1, -0.05) is 37.3 Å². The third-order valence-corrected chi connectivity index (χ3v) is 4.89. The number of hydrogen-bond acceptors (Lipinski definition) is 4. The number of hydrogen-bond donors (Lipinski definition) is 0. The van der Waals surface area contributed by atoms with Crippen LogP contribution < -0.4 is 9.47 Å². The van der Waals surface area contributed by atoms with Crippen molar-refractivity contribution in [1.29, 1.82) is 0 Å². The molecule has 2 aromatic carbocycles. The molecule has 0 bridgehead atoms. The molecule has 27 heavy (non-hydrogen) atoms. The highest BCUT2D eigenvalue weighted by Crippen LogP contribution is 2.40. The average molecular weight is 370 g/mol. The third-order valence-electron chi connectivity index (χ3n) is 4.89. The zero-order chi connectivity index (χ0) is 19.4. The summed E-state index contributed by atoms with van der Waals surface area (Å²) in [4.78, 5) is 12.2. The molecule has 1 aliphatic rings. The largest absolute Gasteiger partial charge is 0.501 e. The third kappa shape index (κ3) is 4.13. The van der Waals surface area contributed by atoms with E-state index in [1.165, 1.54) is 20.3 Å². The fourth-order valence-electron chi connectivity index (χ4n) is 3.26. The zero-order valence-electron chi connectivity index (χ0n) is 15.7. The molecule has 142 valence electrons. The lowest BCUT2D eigenvalue weighted by Gasteiger charge is -2.27. The first-order valence-corrected chi connectivity index (χ1v) is 8.85. The molecule has 0 radical (unpaired) electrons. The Kier molecular flexibility index (Phi) is 5.79. The van der Waals surface area contributed by atoms with E-state index in [0.717, 1.165) is 5.56 Å². The van der Waals surface area contributed by atoms with Crippen molar-refractivity contribution >= 4 is 5.78 Å². The molecule has 0 aliphatic heterocycles. The number of methoxy groups -OCH3 is 2. The van der Waals surface area contributed by atoms with Gasteiger partial charge >= 0.3 is 0 Å². The molecule has 0 saturated carbocycles. The van der Waals surface area contributed by atoms with Gasteiger partial charge in [0.15, 0.2) is 17.3 Å². The summed E-state index contributed by atoms with van der Waals surface area (Å²) in [6.07, 6.45) is 2.15. The SMILES string of the molecule is COC1=CC(c2cc(F)c(OCc3ccccc3)c(OC)c2)C(C)C(=O)C1. The molecular weight excluding hydrogens is 347 g/mol. The van der Waals surface area contributed by atoms with Crippen molar-refractivity contribution in [2.24, 2.45) is 5.92 Å². The minimum atomic E-state index is -0.516. The number of benzene rings is 2. The van der Waals surface area contributed by atoms with E-state index >= 15 is 0 Å². The van der Waals surface area contributed by atoms with E-state index in [1.54, 1.807) is 6.07 Å². The van der Waals surface area contributed by atoms with E-state index < -0.39 is 5.82 Å². The monoisotopic (exact) mass is 370 g/mol. The van der Waals surface area contributed by atoms with Crippen molar-refractivity contribution in [3.8, 4) is 11.5 Å². The maximum atomic E-state index is 14.8. The summed E-state index contributed by atoms with van der Waals surface area (Å²) in [5.41, 5.74) is 1.59. The number of Topliss-reactive ketones (excluding diaryl/α,β-unsaturated/α-hetero) is 1. The van der Waals surface area contributed by atoms with E-state index in [-0.39, 0.29) is 36.4 Å². The van der Waals surface area contributed by atoms with Crippen LogP contribution in [0.4, 0.5) is 4.39 Å². The van der Waals surface area contributed by atoms with E-state index in [1.807, 2.05) is 43.3 Å². The van der Waals surface area contributed by atoms with Gasteiger partial charge in [-0.3, -0.25) is 4.79 Å². The van der Waals surface area contributed by atoms with Crippen molar-refractivity contribution in [2.45, 2.75) is 25.9 Å². The van der Waals surface area contributed by atoms with Crippen LogP contribution in [-0.2, 0) is 16.1 Å². The second kappa shape index (κ2) is 8.25. The quantitative estimate of drug-likeness (QED) is 0.743. The fraction of sp³-hybridized carbons (Fsp3) is 0.318. The van der Waals surface area contributed by atoms with Crippen molar-refractivity contribution in [1.82, 2.24) is 0 Å². The average Bonchev–Trinajstić information content (AvgIpc) is 2.69. The molecule has 1 aliphatic carbocycles. The normalized spacial score (nSPS) is 19.4. The van der Waals surface area contributed by atoms with Crippen LogP contribution in [-0.4, -0.2) is 20.0 Å². The molecule has 2 unspecified atom stereocenters. The van der Waals surface area contributed by atoms with Crippen LogP contribution in [0.1, 0.15) is 30.4 Å². The summed E-state index contributed by atoms with van der Waals surface area (Å²) in [6.45, 7) is 2.08. The van der Waals surface area contributed by atoms with Gasteiger partial charge in [0.05, 0.1) is 26.4 Å². The van der Waals surface area contributed by atoms with Crippen LogP contribution in [0.3, 0.4) is 0 Å². The number of carbonyl (C=O) groups excluding carboxylic acids is 1. The molecule has 2 atom stereocenters. The first-order chi connectivity index (χ1) is 13.0. The lowest BCUT2D eigenvalue weighted by Crippen LogP contribution is -2.24. The van der Waals surface area contributed by atoms with Crippen molar-refractivity contribution < 1.29 is 23.4 Å². The number of carbonyl (C=O) groups is 1. The van der Waals surface area contributed by atoms with Crippen LogP contribution >= 0.6 is 0 Å². The van der Waals surface area contributed by atoms with Crippen LogP contribution in [0.2, 0.25) is 0 Å². The Labute approximate surface area is 158 Å². The van der Waals surface area contributed by atoms with Crippen LogP contribution in [0, 0.1) is 11.7 Å². The molecule has 5 heteroatoms. The summed E-state index contributed by atoms with van der Waals surface area (Å²) in [6, 6.07) is 12.7. The molecule has 0 heterocycles. The maximum Gasteiger partial charge on any atom is 0.197 e. The first kappa shape index (κ1) is 19.0. The van der Waals surface area contributed by atoms with Crippen molar-refractivity contribution in [3.63, 3.8) is 0 Å². The Bertz CT molecular complexity index is 845. The standard InChI is InChI=1S/C22H23FO4/c1-14-18(11-17(25-2)12-20(14)24)16-9-19(23)22(21(10-16)26-3)27-13-15-7-5-4-6-8-15/h4-11,14,18H,12-13H2,1-3H3. The van der Waals surface area contributed by atoms with E-state index in [4.69, 9.17) is 14.2 Å². The molecule has 0 fully saturated rings. The summed E-state index contributed by atoms with van der Waals surface area (Å²) in [5, 5.41) is 0. The summed E-state index contributed by atoms with van der Waals surface area (Å²) < 4.78 is 31.1. The number of ketones is 1. The Morgan fingerprint density at radius 1 is 1.11 bits per heavy atom. The van der Waals surface area contributed by atoms with E-state index in [0.29, 0.717) is 17.1 Å². The van der Waals surface area contributed by atoms with Crippen LogP contribution in [0.25, 0.3) is 0 Å². The predicted octanol–water partition coefficient (Wildman–Crippen LogP) is 4.64. The lowest BCUT2D eigenvalue weighted by molar-refractivity contribution is -0.123. The van der Waals surface area contributed by atoms with Crippen molar-refractivity contribution in [3.05, 3.63) is 71.2 Å². The topological polar surface area (TPSA) is 44.8 Å². The summed E-state index contributed by atoms with van der Waals surface area (Å²) in [5.74, 6) is -0.000831. The summed E-state index contributed by atoms with van der Waals surface area (Å²) >= 11 is 0. The number of rotatable bonds is 6.